The first-order valence-electron chi connectivity index (χ1n) is 6.79. The Hall–Kier alpha value is -1.61. The number of nitrogens with zero attached hydrogens (tertiary/aromatic N) is 2. The highest BCUT2D eigenvalue weighted by molar-refractivity contribution is 5.90. The van der Waals surface area contributed by atoms with Crippen LogP contribution in [-0.4, -0.2) is 30.9 Å². The van der Waals surface area contributed by atoms with Gasteiger partial charge in [0.2, 0.25) is 0 Å². The molecule has 2 rings (SSSR count). The zero-order valence-electron chi connectivity index (χ0n) is 12.0. The Morgan fingerprint density at radius 3 is 2.58 bits per heavy atom. The van der Waals surface area contributed by atoms with Crippen LogP contribution in [-0.2, 0) is 0 Å². The molecule has 102 valence electrons. The van der Waals surface area contributed by atoms with E-state index in [-0.39, 0.29) is 0 Å². The summed E-state index contributed by atoms with van der Waals surface area (Å²) in [5, 5.41) is 3.35. The third-order valence-electron chi connectivity index (χ3n) is 3.81. The summed E-state index contributed by atoms with van der Waals surface area (Å²) < 4.78 is 0. The van der Waals surface area contributed by atoms with Crippen molar-refractivity contribution in [3.63, 3.8) is 0 Å². The summed E-state index contributed by atoms with van der Waals surface area (Å²) in [5.74, 6) is 1.54. The minimum absolute atomic E-state index is 0.494. The van der Waals surface area contributed by atoms with Gasteiger partial charge in [-0.15, -0.1) is 0 Å². The number of likely N-dealkylation sites (tertiary alicyclic amines) is 1. The van der Waals surface area contributed by atoms with Crippen LogP contribution in [0.5, 0.6) is 0 Å². The van der Waals surface area contributed by atoms with Gasteiger partial charge in [-0.3, -0.25) is 0 Å². The molecule has 0 aliphatic carbocycles. The molecule has 0 atom stereocenters. The fourth-order valence-corrected chi connectivity index (χ4v) is 2.59. The maximum Gasteiger partial charge on any atom is 0.110 e. The maximum atomic E-state index is 4.77. The van der Waals surface area contributed by atoms with Gasteiger partial charge in [0.05, 0.1) is 5.70 Å². The highest BCUT2D eigenvalue weighted by Gasteiger charge is 2.25. The van der Waals surface area contributed by atoms with Crippen LogP contribution in [0.15, 0.2) is 53.3 Å². The number of hydrogen-bond donors (Lipinski definition) is 1. The molecule has 0 spiro atoms. The van der Waals surface area contributed by atoms with Crippen molar-refractivity contribution < 1.29 is 0 Å². The zero-order valence-corrected chi connectivity index (χ0v) is 12.0. The SMILES string of the molecule is C=CC1=C(C(=C)C)N=C(C2CCN(C)CC2)NC1=C. The molecule has 1 fully saturated rings. The number of aliphatic imine (C=N–C) groups is 1. The summed E-state index contributed by atoms with van der Waals surface area (Å²) in [6.45, 7) is 16.2. The van der Waals surface area contributed by atoms with Crippen molar-refractivity contribution in [3.05, 3.63) is 48.4 Å². The van der Waals surface area contributed by atoms with E-state index in [2.05, 4.69) is 37.0 Å². The monoisotopic (exact) mass is 257 g/mol. The lowest BCUT2D eigenvalue weighted by Crippen LogP contribution is -2.40. The average molecular weight is 257 g/mol. The first-order valence-corrected chi connectivity index (χ1v) is 6.79. The Balaban J connectivity index is 2.28. The van der Waals surface area contributed by atoms with E-state index in [0.717, 1.165) is 54.3 Å². The van der Waals surface area contributed by atoms with Crippen molar-refractivity contribution in [1.29, 1.82) is 0 Å². The number of amidine groups is 1. The highest BCUT2D eigenvalue weighted by Crippen LogP contribution is 2.27. The second-order valence-electron chi connectivity index (χ2n) is 5.42. The third kappa shape index (κ3) is 2.87. The van der Waals surface area contributed by atoms with Crippen molar-refractivity contribution in [1.82, 2.24) is 10.2 Å². The van der Waals surface area contributed by atoms with Gasteiger partial charge in [0.15, 0.2) is 0 Å². The third-order valence-corrected chi connectivity index (χ3v) is 3.81. The molecule has 0 aromatic rings. The fraction of sp³-hybridized carbons (Fsp3) is 0.438. The number of nitrogens with one attached hydrogen (secondary N) is 1. The quantitative estimate of drug-likeness (QED) is 0.842. The van der Waals surface area contributed by atoms with Crippen molar-refractivity contribution in [2.75, 3.05) is 20.1 Å². The van der Waals surface area contributed by atoms with Gasteiger partial charge in [0.1, 0.15) is 5.84 Å². The highest BCUT2D eigenvalue weighted by atomic mass is 15.1. The largest absolute Gasteiger partial charge is 0.343 e. The van der Waals surface area contributed by atoms with E-state index in [1.807, 2.05) is 6.92 Å². The Labute approximate surface area is 116 Å². The normalized spacial score (nSPS) is 22.0. The molecule has 0 bridgehead atoms. The van der Waals surface area contributed by atoms with Crippen LogP contribution in [0, 0.1) is 5.92 Å². The molecule has 1 saturated heterocycles. The molecule has 2 aliphatic heterocycles. The molecule has 0 amide bonds. The molecule has 0 aromatic carbocycles. The van der Waals surface area contributed by atoms with E-state index in [9.17, 15) is 0 Å². The predicted octanol–water partition coefficient (Wildman–Crippen LogP) is 2.86. The molecular formula is C16H23N3. The van der Waals surface area contributed by atoms with Crippen LogP contribution in [0.2, 0.25) is 0 Å². The van der Waals surface area contributed by atoms with Gasteiger partial charge in [-0.05, 0) is 45.5 Å². The van der Waals surface area contributed by atoms with Crippen molar-refractivity contribution in [3.8, 4) is 0 Å². The van der Waals surface area contributed by atoms with Gasteiger partial charge in [-0.2, -0.15) is 0 Å². The lowest BCUT2D eigenvalue weighted by atomic mass is 9.93. The smallest absolute Gasteiger partial charge is 0.110 e. The van der Waals surface area contributed by atoms with Crippen LogP contribution in [0.3, 0.4) is 0 Å². The maximum absolute atomic E-state index is 4.77. The molecule has 3 nitrogen and oxygen atoms in total. The van der Waals surface area contributed by atoms with E-state index in [1.54, 1.807) is 6.08 Å². The van der Waals surface area contributed by atoms with E-state index in [0.29, 0.717) is 5.92 Å². The number of rotatable bonds is 3. The predicted molar refractivity (Wildman–Crippen MR) is 82.0 cm³/mol. The summed E-state index contributed by atoms with van der Waals surface area (Å²) >= 11 is 0. The summed E-state index contributed by atoms with van der Waals surface area (Å²) in [6, 6.07) is 0. The van der Waals surface area contributed by atoms with Crippen molar-refractivity contribution in [2.24, 2.45) is 10.9 Å². The van der Waals surface area contributed by atoms with E-state index in [1.165, 1.54) is 0 Å². The molecule has 0 saturated carbocycles. The minimum Gasteiger partial charge on any atom is -0.343 e. The molecule has 1 N–H and O–H groups in total. The lowest BCUT2D eigenvalue weighted by molar-refractivity contribution is 0.250. The number of allylic oxidation sites excluding steroid dienone is 2. The summed E-state index contributed by atoms with van der Waals surface area (Å²) in [4.78, 5) is 7.13. The Bertz CT molecular complexity index is 474. The molecular weight excluding hydrogens is 234 g/mol. The molecule has 19 heavy (non-hydrogen) atoms. The second kappa shape index (κ2) is 5.57. The van der Waals surface area contributed by atoms with Gasteiger partial charge >= 0.3 is 0 Å². The van der Waals surface area contributed by atoms with Gasteiger partial charge in [-0.25, -0.2) is 4.99 Å². The van der Waals surface area contributed by atoms with Crippen molar-refractivity contribution in [2.45, 2.75) is 19.8 Å². The first-order chi connectivity index (χ1) is 9.02. The Morgan fingerprint density at radius 2 is 2.05 bits per heavy atom. The second-order valence-corrected chi connectivity index (χ2v) is 5.42. The minimum atomic E-state index is 0.494. The fourth-order valence-electron chi connectivity index (χ4n) is 2.59. The van der Waals surface area contributed by atoms with Crippen LogP contribution < -0.4 is 5.32 Å². The van der Waals surface area contributed by atoms with E-state index >= 15 is 0 Å². The van der Waals surface area contributed by atoms with Crippen LogP contribution >= 0.6 is 0 Å². The molecule has 0 radical (unpaired) electrons. The molecule has 2 heterocycles. The number of hydrogen-bond acceptors (Lipinski definition) is 3. The summed E-state index contributed by atoms with van der Waals surface area (Å²) in [6.07, 6.45) is 4.08. The zero-order chi connectivity index (χ0) is 14.0. The molecule has 2 aliphatic rings. The number of piperidine rings is 1. The molecule has 3 heteroatoms. The van der Waals surface area contributed by atoms with Crippen LogP contribution in [0.4, 0.5) is 0 Å². The molecule has 0 aromatic heterocycles. The van der Waals surface area contributed by atoms with Crippen LogP contribution in [0.1, 0.15) is 19.8 Å². The van der Waals surface area contributed by atoms with Gasteiger partial charge < -0.3 is 10.2 Å². The van der Waals surface area contributed by atoms with E-state index in [4.69, 9.17) is 4.99 Å². The first kappa shape index (κ1) is 13.8. The topological polar surface area (TPSA) is 27.6 Å². The van der Waals surface area contributed by atoms with Gasteiger partial charge in [0, 0.05) is 17.2 Å². The molecule has 0 unspecified atom stereocenters. The Kier molecular flexibility index (Phi) is 4.05. The lowest BCUT2D eigenvalue weighted by Gasteiger charge is -2.32. The van der Waals surface area contributed by atoms with Crippen LogP contribution in [0.25, 0.3) is 0 Å². The summed E-state index contributed by atoms with van der Waals surface area (Å²) in [5.41, 5.74) is 3.73. The van der Waals surface area contributed by atoms with Crippen molar-refractivity contribution >= 4 is 5.84 Å². The summed E-state index contributed by atoms with van der Waals surface area (Å²) in [7, 11) is 2.17. The van der Waals surface area contributed by atoms with E-state index < -0.39 is 0 Å². The standard InChI is InChI=1S/C16H23N3/c1-6-14-12(4)17-16(18-15(14)11(2)3)13-7-9-19(5)10-8-13/h6,13H,1-2,4,7-10H2,3,5H3,(H,17,18). The average Bonchev–Trinajstić information content (AvgIpc) is 2.38. The van der Waals surface area contributed by atoms with Gasteiger partial charge in [0.25, 0.3) is 0 Å². The Morgan fingerprint density at radius 1 is 1.42 bits per heavy atom. The van der Waals surface area contributed by atoms with Gasteiger partial charge in [-0.1, -0.05) is 25.8 Å².